The Kier molecular flexibility index (Phi) is 8.15. The number of nitrogens with zero attached hydrogens (tertiary/aromatic N) is 2. The van der Waals surface area contributed by atoms with Crippen LogP contribution in [0.4, 0.5) is 0 Å². The van der Waals surface area contributed by atoms with Crippen molar-refractivity contribution in [1.82, 2.24) is 9.88 Å². The third kappa shape index (κ3) is 5.77. The summed E-state index contributed by atoms with van der Waals surface area (Å²) in [5.74, 6) is 0.218. The Morgan fingerprint density at radius 1 is 1.08 bits per heavy atom. The van der Waals surface area contributed by atoms with E-state index in [0.717, 1.165) is 30.6 Å². The second kappa shape index (κ2) is 12.1. The fourth-order valence-corrected chi connectivity index (χ4v) is 4.98. The number of hydrogen-bond acceptors (Lipinski definition) is 6. The Morgan fingerprint density at radius 2 is 1.87 bits per heavy atom. The third-order valence-corrected chi connectivity index (χ3v) is 6.99. The number of H-pyrrole nitrogens is 1. The standard InChI is InChI=1S/C30H33N3O6/c1-2-3-4-16-37-23-9-6-21(7-10-23)27-26(28(34)22-8-11-24-25(19-22)39-18-17-38-24)29(35)30(36)33(27)14-5-13-32-15-12-31-20-32/h6-12,15,19-20,27H,2-5,13-14,16-18H2,1H3,(H,34,35)/p+1. The van der Waals surface area contributed by atoms with E-state index >= 15 is 0 Å². The molecule has 1 amide bonds. The highest BCUT2D eigenvalue weighted by Gasteiger charge is 2.46. The lowest BCUT2D eigenvalue weighted by molar-refractivity contribution is -0.695. The maximum atomic E-state index is 13.4. The number of carbonyl (C=O) groups excluding carboxylic acids is 2. The summed E-state index contributed by atoms with van der Waals surface area (Å²) in [5.41, 5.74) is 1.17. The highest BCUT2D eigenvalue weighted by molar-refractivity contribution is 6.46. The number of aryl methyl sites for hydroxylation is 1. The number of likely N-dealkylation sites (tertiary alicyclic amines) is 1. The average molecular weight is 533 g/mol. The summed E-state index contributed by atoms with van der Waals surface area (Å²) in [6.07, 6.45) is 9.41. The van der Waals surface area contributed by atoms with Crippen LogP contribution >= 0.6 is 0 Å². The highest BCUT2D eigenvalue weighted by Crippen LogP contribution is 2.41. The lowest BCUT2D eigenvalue weighted by atomic mass is 9.95. The molecule has 3 aromatic rings. The number of aliphatic hydroxyl groups is 1. The minimum atomic E-state index is -0.733. The zero-order valence-corrected chi connectivity index (χ0v) is 22.1. The van der Waals surface area contributed by atoms with Gasteiger partial charge in [0.1, 0.15) is 37.1 Å². The number of ketones is 1. The van der Waals surface area contributed by atoms with Crippen molar-refractivity contribution >= 4 is 17.4 Å². The summed E-state index contributed by atoms with van der Waals surface area (Å²) >= 11 is 0. The van der Waals surface area contributed by atoms with E-state index in [-0.39, 0.29) is 11.3 Å². The van der Waals surface area contributed by atoms with Gasteiger partial charge < -0.3 is 24.2 Å². The molecule has 0 spiro atoms. The first-order chi connectivity index (χ1) is 19.1. The van der Waals surface area contributed by atoms with Crippen molar-refractivity contribution in [3.8, 4) is 17.2 Å². The molecule has 2 N–H and O–H groups in total. The quantitative estimate of drug-likeness (QED) is 0.126. The molecule has 1 unspecified atom stereocenters. The largest absolute Gasteiger partial charge is 0.507 e. The van der Waals surface area contributed by atoms with E-state index in [2.05, 4.69) is 11.9 Å². The first kappa shape index (κ1) is 26.3. The van der Waals surface area contributed by atoms with E-state index in [9.17, 15) is 14.7 Å². The number of ether oxygens (including phenoxy) is 3. The van der Waals surface area contributed by atoms with Gasteiger partial charge in [-0.2, -0.15) is 0 Å². The Hall–Kier alpha value is -4.27. The van der Waals surface area contributed by atoms with E-state index in [4.69, 9.17) is 14.2 Å². The number of amides is 1. The van der Waals surface area contributed by atoms with Crippen LogP contribution in [0.25, 0.3) is 5.76 Å². The summed E-state index contributed by atoms with van der Waals surface area (Å²) in [6.45, 7) is 4.64. The van der Waals surface area contributed by atoms with E-state index in [1.54, 1.807) is 23.1 Å². The van der Waals surface area contributed by atoms with Crippen LogP contribution in [0.1, 0.15) is 49.8 Å². The maximum Gasteiger partial charge on any atom is 0.295 e. The molecule has 1 saturated heterocycles. The molecule has 1 fully saturated rings. The predicted molar refractivity (Wildman–Crippen MR) is 144 cm³/mol. The molecule has 1 atom stereocenters. The zero-order chi connectivity index (χ0) is 27.2. The van der Waals surface area contributed by atoms with Gasteiger partial charge in [0.2, 0.25) is 6.33 Å². The number of benzene rings is 2. The fraction of sp³-hybridized carbons (Fsp3) is 0.367. The van der Waals surface area contributed by atoms with E-state index in [1.807, 2.05) is 47.6 Å². The Bertz CT molecular complexity index is 1330. The van der Waals surface area contributed by atoms with Gasteiger partial charge >= 0.3 is 0 Å². The summed E-state index contributed by atoms with van der Waals surface area (Å²) in [5, 5.41) is 11.4. The average Bonchev–Trinajstić information content (AvgIpc) is 3.57. The third-order valence-electron chi connectivity index (χ3n) is 6.99. The smallest absolute Gasteiger partial charge is 0.295 e. The van der Waals surface area contributed by atoms with Crippen molar-refractivity contribution in [1.29, 1.82) is 0 Å². The van der Waals surface area contributed by atoms with Crippen LogP contribution in [0.2, 0.25) is 0 Å². The van der Waals surface area contributed by atoms with E-state index < -0.39 is 17.7 Å². The van der Waals surface area contributed by atoms with Crippen LogP contribution in [0.3, 0.4) is 0 Å². The summed E-state index contributed by atoms with van der Waals surface area (Å²) < 4.78 is 19.1. The summed E-state index contributed by atoms with van der Waals surface area (Å²) in [7, 11) is 0. The zero-order valence-electron chi connectivity index (χ0n) is 22.1. The Labute approximate surface area is 227 Å². The summed E-state index contributed by atoms with van der Waals surface area (Å²) in [6, 6.07) is 11.7. The SMILES string of the molecule is CCCCCOc1ccc(C2C(=C(O)c3ccc4c(c3)OCCO4)C(=O)C(=O)N2CCC[n+]2cc[nH]c2)cc1. The molecule has 9 nitrogen and oxygen atoms in total. The molecule has 3 heterocycles. The number of aromatic nitrogens is 2. The first-order valence-electron chi connectivity index (χ1n) is 13.5. The number of rotatable bonds is 11. The molecule has 0 saturated carbocycles. The number of Topliss-reactive ketones (excluding diaryl/α,β-unsaturated/α-hetero) is 1. The second-order valence-electron chi connectivity index (χ2n) is 9.68. The molecular weight excluding hydrogens is 498 g/mol. The number of hydrogen-bond donors (Lipinski definition) is 2. The minimum absolute atomic E-state index is 0.0580. The van der Waals surface area contributed by atoms with Gasteiger partial charge in [0.25, 0.3) is 11.7 Å². The van der Waals surface area contributed by atoms with Crippen LogP contribution in [-0.4, -0.2) is 53.0 Å². The molecule has 2 aliphatic rings. The Morgan fingerprint density at radius 3 is 2.62 bits per heavy atom. The molecule has 2 aliphatic heterocycles. The van der Waals surface area contributed by atoms with Crippen LogP contribution < -0.4 is 18.8 Å². The molecule has 9 heteroatoms. The number of unbranched alkanes of at least 4 members (excludes halogenated alkanes) is 2. The van der Waals surface area contributed by atoms with Crippen molar-refractivity contribution < 1.29 is 33.5 Å². The van der Waals surface area contributed by atoms with Crippen molar-refractivity contribution in [3.05, 3.63) is 77.9 Å². The maximum absolute atomic E-state index is 13.4. The van der Waals surface area contributed by atoms with Gasteiger partial charge in [-0.15, -0.1) is 0 Å². The number of fused-ring (bicyclic) bond motifs is 1. The van der Waals surface area contributed by atoms with E-state index in [1.165, 1.54) is 0 Å². The molecule has 1 aromatic heterocycles. The fourth-order valence-electron chi connectivity index (χ4n) is 4.98. The topological polar surface area (TPSA) is 105 Å². The van der Waals surface area contributed by atoms with Gasteiger partial charge in [0.15, 0.2) is 11.5 Å². The van der Waals surface area contributed by atoms with Crippen LogP contribution in [0.15, 0.2) is 66.8 Å². The molecule has 0 aliphatic carbocycles. The molecule has 2 aromatic carbocycles. The number of aromatic amines is 1. The van der Waals surface area contributed by atoms with Gasteiger partial charge in [0.05, 0.1) is 24.8 Å². The Balaban J connectivity index is 1.46. The van der Waals surface area contributed by atoms with Crippen LogP contribution in [0.5, 0.6) is 17.2 Å². The van der Waals surface area contributed by atoms with Gasteiger partial charge in [-0.1, -0.05) is 31.9 Å². The molecule has 39 heavy (non-hydrogen) atoms. The highest BCUT2D eigenvalue weighted by atomic mass is 16.6. The number of imidazole rings is 1. The van der Waals surface area contributed by atoms with Gasteiger partial charge in [0, 0.05) is 18.5 Å². The second-order valence-corrected chi connectivity index (χ2v) is 9.68. The van der Waals surface area contributed by atoms with Gasteiger partial charge in [-0.25, -0.2) is 4.57 Å². The number of aliphatic hydroxyl groups excluding tert-OH is 1. The van der Waals surface area contributed by atoms with E-state index in [0.29, 0.717) is 56.4 Å². The number of carbonyl (C=O) groups is 2. The van der Waals surface area contributed by atoms with Crippen molar-refractivity contribution in [3.63, 3.8) is 0 Å². The minimum Gasteiger partial charge on any atom is -0.507 e. The molecule has 204 valence electrons. The predicted octanol–water partition coefficient (Wildman–Crippen LogP) is 4.15. The van der Waals surface area contributed by atoms with Crippen molar-refractivity contribution in [2.75, 3.05) is 26.4 Å². The molecule has 5 rings (SSSR count). The summed E-state index contributed by atoms with van der Waals surface area (Å²) in [4.78, 5) is 31.2. The molecule has 0 radical (unpaired) electrons. The van der Waals surface area contributed by atoms with Crippen LogP contribution in [-0.2, 0) is 16.1 Å². The first-order valence-corrected chi connectivity index (χ1v) is 13.5. The van der Waals surface area contributed by atoms with Gasteiger partial charge in [-0.05, 0) is 42.3 Å². The van der Waals surface area contributed by atoms with Gasteiger partial charge in [-0.3, -0.25) is 14.6 Å². The van der Waals surface area contributed by atoms with Crippen molar-refractivity contribution in [2.45, 2.75) is 45.2 Å². The normalized spacial score (nSPS) is 18.0. The lowest BCUT2D eigenvalue weighted by Crippen LogP contribution is -2.36. The molecular formula is C30H34N3O6+. The molecule has 0 bridgehead atoms. The van der Waals surface area contributed by atoms with Crippen molar-refractivity contribution in [2.24, 2.45) is 0 Å². The number of nitrogens with one attached hydrogen (secondary N) is 1. The monoisotopic (exact) mass is 532 g/mol. The van der Waals surface area contributed by atoms with Crippen LogP contribution in [0, 0.1) is 0 Å². The lowest BCUT2D eigenvalue weighted by Gasteiger charge is -2.25.